The van der Waals surface area contributed by atoms with Gasteiger partial charge in [0, 0.05) is 17.5 Å². The molecule has 1 rings (SSSR count). The third kappa shape index (κ3) is 2.94. The van der Waals surface area contributed by atoms with Gasteiger partial charge in [-0.15, -0.1) is 0 Å². The second-order valence-electron chi connectivity index (χ2n) is 6.66. The molecule has 1 heterocycles. The molecule has 0 aromatic carbocycles. The van der Waals surface area contributed by atoms with Crippen LogP contribution in [0.3, 0.4) is 0 Å². The SMILES string of the molecule is CC(C)(C)C(=O)C1CC=CCN1C(C)(C)C. The molecule has 0 aromatic heterocycles. The Kier molecular flexibility index (Phi) is 3.63. The van der Waals surface area contributed by atoms with Crippen molar-refractivity contribution in [3.05, 3.63) is 12.2 Å². The predicted molar refractivity (Wildman–Crippen MR) is 68.5 cm³/mol. The van der Waals surface area contributed by atoms with Gasteiger partial charge >= 0.3 is 0 Å². The molecule has 0 amide bonds. The van der Waals surface area contributed by atoms with Crippen molar-refractivity contribution in [1.29, 1.82) is 0 Å². The number of hydrogen-bond donors (Lipinski definition) is 0. The summed E-state index contributed by atoms with van der Waals surface area (Å²) in [6.45, 7) is 13.4. The maximum absolute atomic E-state index is 12.4. The van der Waals surface area contributed by atoms with Gasteiger partial charge in [-0.25, -0.2) is 0 Å². The van der Waals surface area contributed by atoms with Crippen molar-refractivity contribution in [2.24, 2.45) is 5.41 Å². The molecule has 2 nitrogen and oxygen atoms in total. The van der Waals surface area contributed by atoms with Crippen LogP contribution in [0.1, 0.15) is 48.0 Å². The molecule has 0 aliphatic carbocycles. The molecule has 2 heteroatoms. The summed E-state index contributed by atoms with van der Waals surface area (Å²) in [5.41, 5.74) is -0.199. The van der Waals surface area contributed by atoms with Crippen LogP contribution in [0.25, 0.3) is 0 Å². The van der Waals surface area contributed by atoms with Gasteiger partial charge in [0.15, 0.2) is 5.78 Å². The lowest BCUT2D eigenvalue weighted by molar-refractivity contribution is -0.134. The Balaban J connectivity index is 2.93. The number of ketones is 1. The first-order valence-electron chi connectivity index (χ1n) is 6.10. The van der Waals surface area contributed by atoms with Gasteiger partial charge in [0.2, 0.25) is 0 Å². The van der Waals surface area contributed by atoms with Gasteiger partial charge in [0.05, 0.1) is 6.04 Å². The summed E-state index contributed by atoms with van der Waals surface area (Å²) in [6.07, 6.45) is 5.15. The molecule has 0 spiro atoms. The molecule has 92 valence electrons. The van der Waals surface area contributed by atoms with Gasteiger partial charge in [-0.05, 0) is 27.2 Å². The number of rotatable bonds is 1. The van der Waals surface area contributed by atoms with Crippen molar-refractivity contribution >= 4 is 5.78 Å². The predicted octanol–water partition coefficient (Wildman–Crippen LogP) is 3.03. The minimum Gasteiger partial charge on any atom is -0.297 e. The van der Waals surface area contributed by atoms with Crippen molar-refractivity contribution in [3.8, 4) is 0 Å². The summed E-state index contributed by atoms with van der Waals surface area (Å²) >= 11 is 0. The van der Waals surface area contributed by atoms with Gasteiger partial charge in [-0.2, -0.15) is 0 Å². The standard InChI is InChI=1S/C14H25NO/c1-13(2,3)12(16)11-9-7-8-10-15(11)14(4,5)6/h7-8,11H,9-10H2,1-6H3. The Morgan fingerprint density at radius 3 is 2.12 bits per heavy atom. The lowest BCUT2D eigenvalue weighted by Crippen LogP contribution is -2.54. The molecule has 0 radical (unpaired) electrons. The Hall–Kier alpha value is -0.630. The second-order valence-corrected chi connectivity index (χ2v) is 6.66. The lowest BCUT2D eigenvalue weighted by atomic mass is 9.82. The maximum atomic E-state index is 12.4. The summed E-state index contributed by atoms with van der Waals surface area (Å²) in [5, 5.41) is 0. The third-order valence-electron chi connectivity index (χ3n) is 3.11. The van der Waals surface area contributed by atoms with E-state index in [1.807, 2.05) is 20.8 Å². The zero-order chi connectivity index (χ0) is 12.6. The summed E-state index contributed by atoms with van der Waals surface area (Å²) in [5.74, 6) is 0.353. The van der Waals surface area contributed by atoms with E-state index in [1.165, 1.54) is 0 Å². The van der Waals surface area contributed by atoms with Gasteiger partial charge in [0.1, 0.15) is 0 Å². The van der Waals surface area contributed by atoms with Gasteiger partial charge < -0.3 is 0 Å². The fourth-order valence-electron chi connectivity index (χ4n) is 2.16. The van der Waals surface area contributed by atoms with Crippen LogP contribution in [-0.4, -0.2) is 28.8 Å². The number of carbonyl (C=O) groups is 1. The highest BCUT2D eigenvalue weighted by atomic mass is 16.1. The van der Waals surface area contributed by atoms with Gasteiger partial charge in [-0.1, -0.05) is 32.9 Å². The summed E-state index contributed by atoms with van der Waals surface area (Å²) in [4.78, 5) is 14.7. The van der Waals surface area contributed by atoms with E-state index in [9.17, 15) is 4.79 Å². The highest BCUT2D eigenvalue weighted by molar-refractivity contribution is 5.89. The van der Waals surface area contributed by atoms with Crippen LogP contribution in [0, 0.1) is 5.41 Å². The molecule has 0 saturated heterocycles. The molecule has 0 bridgehead atoms. The van der Waals surface area contributed by atoms with E-state index in [4.69, 9.17) is 0 Å². The Bertz CT molecular complexity index is 291. The second kappa shape index (κ2) is 4.33. The van der Waals surface area contributed by atoms with Crippen LogP contribution in [0.5, 0.6) is 0 Å². The van der Waals surface area contributed by atoms with Crippen LogP contribution < -0.4 is 0 Å². The van der Waals surface area contributed by atoms with E-state index >= 15 is 0 Å². The molecule has 16 heavy (non-hydrogen) atoms. The molecule has 1 unspecified atom stereocenters. The quantitative estimate of drug-likeness (QED) is 0.637. The first kappa shape index (κ1) is 13.4. The Morgan fingerprint density at radius 2 is 1.69 bits per heavy atom. The van der Waals surface area contributed by atoms with Gasteiger partial charge in [-0.3, -0.25) is 9.69 Å². The summed E-state index contributed by atoms with van der Waals surface area (Å²) < 4.78 is 0. The maximum Gasteiger partial charge on any atom is 0.155 e. The van der Waals surface area contributed by atoms with E-state index < -0.39 is 0 Å². The summed E-state index contributed by atoms with van der Waals surface area (Å²) in [6, 6.07) is 0.0463. The van der Waals surface area contributed by atoms with Crippen molar-refractivity contribution < 1.29 is 4.79 Å². The molecule has 0 N–H and O–H groups in total. The molecule has 0 aromatic rings. The smallest absolute Gasteiger partial charge is 0.155 e. The van der Waals surface area contributed by atoms with E-state index in [0.29, 0.717) is 5.78 Å². The Labute approximate surface area is 99.7 Å². The average Bonchev–Trinajstić information content (AvgIpc) is 2.14. The van der Waals surface area contributed by atoms with E-state index in [0.717, 1.165) is 13.0 Å². The molecular formula is C14H25NO. The van der Waals surface area contributed by atoms with Crippen molar-refractivity contribution in [2.75, 3.05) is 6.54 Å². The number of nitrogens with zero attached hydrogens (tertiary/aromatic N) is 1. The summed E-state index contributed by atoms with van der Waals surface area (Å²) in [7, 11) is 0. The zero-order valence-corrected chi connectivity index (χ0v) is 11.5. The van der Waals surface area contributed by atoms with Crippen LogP contribution in [0.4, 0.5) is 0 Å². The van der Waals surface area contributed by atoms with Crippen LogP contribution in [0.15, 0.2) is 12.2 Å². The normalized spacial score (nSPS) is 23.5. The molecular weight excluding hydrogens is 198 g/mol. The molecule has 0 saturated carbocycles. The first-order chi connectivity index (χ1) is 7.14. The fraction of sp³-hybridized carbons (Fsp3) is 0.786. The van der Waals surface area contributed by atoms with E-state index in [1.54, 1.807) is 0 Å². The largest absolute Gasteiger partial charge is 0.297 e. The Morgan fingerprint density at radius 1 is 1.12 bits per heavy atom. The van der Waals surface area contributed by atoms with E-state index in [-0.39, 0.29) is 17.0 Å². The lowest BCUT2D eigenvalue weighted by Gasteiger charge is -2.43. The number of hydrogen-bond acceptors (Lipinski definition) is 2. The van der Waals surface area contributed by atoms with E-state index in [2.05, 4.69) is 37.8 Å². The molecule has 1 aliphatic rings. The van der Waals surface area contributed by atoms with Crippen LogP contribution in [0.2, 0.25) is 0 Å². The number of carbonyl (C=O) groups excluding carboxylic acids is 1. The highest BCUT2D eigenvalue weighted by Gasteiger charge is 2.38. The fourth-order valence-corrected chi connectivity index (χ4v) is 2.16. The monoisotopic (exact) mass is 223 g/mol. The van der Waals surface area contributed by atoms with Crippen molar-refractivity contribution in [3.63, 3.8) is 0 Å². The van der Waals surface area contributed by atoms with Crippen LogP contribution in [-0.2, 0) is 4.79 Å². The number of Topliss-reactive ketones (excluding diaryl/α,β-unsaturated/α-hetero) is 1. The molecule has 0 fully saturated rings. The highest BCUT2D eigenvalue weighted by Crippen LogP contribution is 2.28. The van der Waals surface area contributed by atoms with Gasteiger partial charge in [0.25, 0.3) is 0 Å². The minimum absolute atomic E-state index is 0.0463. The minimum atomic E-state index is -0.251. The average molecular weight is 223 g/mol. The van der Waals surface area contributed by atoms with Crippen molar-refractivity contribution in [2.45, 2.75) is 59.5 Å². The van der Waals surface area contributed by atoms with Crippen LogP contribution >= 0.6 is 0 Å². The first-order valence-corrected chi connectivity index (χ1v) is 6.10. The zero-order valence-electron chi connectivity index (χ0n) is 11.5. The molecule has 1 aliphatic heterocycles. The van der Waals surface area contributed by atoms with Crippen molar-refractivity contribution in [1.82, 2.24) is 4.90 Å². The molecule has 1 atom stereocenters. The third-order valence-corrected chi connectivity index (χ3v) is 3.11. The topological polar surface area (TPSA) is 20.3 Å².